The summed E-state index contributed by atoms with van der Waals surface area (Å²) in [6.45, 7) is 3.62. The first-order valence-corrected chi connectivity index (χ1v) is 4.02. The van der Waals surface area contributed by atoms with E-state index >= 15 is 0 Å². The van der Waals surface area contributed by atoms with Gasteiger partial charge in [-0.3, -0.25) is 0 Å². The second kappa shape index (κ2) is 3.29. The third kappa shape index (κ3) is 1.68. The van der Waals surface area contributed by atoms with Crippen LogP contribution in [0.5, 0.6) is 0 Å². The van der Waals surface area contributed by atoms with Gasteiger partial charge in [0.05, 0.1) is 23.1 Å². The van der Waals surface area contributed by atoms with Crippen molar-refractivity contribution < 1.29 is 0 Å². The van der Waals surface area contributed by atoms with Crippen molar-refractivity contribution in [2.24, 2.45) is 0 Å². The fraction of sp³-hybridized carbons (Fsp3) is 0.273. The number of benzene rings is 1. The zero-order valence-corrected chi connectivity index (χ0v) is 7.70. The predicted molar refractivity (Wildman–Crippen MR) is 49.8 cm³/mol. The van der Waals surface area contributed by atoms with Gasteiger partial charge in [0.15, 0.2) is 0 Å². The number of nitriles is 2. The molecule has 0 fully saturated rings. The van der Waals surface area contributed by atoms with Crippen LogP contribution in [0.4, 0.5) is 0 Å². The summed E-state index contributed by atoms with van der Waals surface area (Å²) in [4.78, 5) is 0. The standard InChI is InChI=1S/C11H10N2/c1-11(2,8-13)10-6-4-3-5-9(10)7-12/h3-6H,1-2H3. The highest BCUT2D eigenvalue weighted by Gasteiger charge is 2.22. The second-order valence-electron chi connectivity index (χ2n) is 3.39. The molecule has 0 saturated heterocycles. The highest BCUT2D eigenvalue weighted by molar-refractivity contribution is 5.44. The Kier molecular flexibility index (Phi) is 2.35. The van der Waals surface area contributed by atoms with Gasteiger partial charge in [-0.2, -0.15) is 10.5 Å². The molecule has 0 bridgehead atoms. The Hall–Kier alpha value is -1.80. The van der Waals surface area contributed by atoms with Gasteiger partial charge in [0.25, 0.3) is 0 Å². The molecule has 1 aromatic carbocycles. The van der Waals surface area contributed by atoms with E-state index in [4.69, 9.17) is 10.5 Å². The molecule has 0 heterocycles. The van der Waals surface area contributed by atoms with Gasteiger partial charge in [0.1, 0.15) is 0 Å². The summed E-state index contributed by atoms with van der Waals surface area (Å²) in [5.74, 6) is 0. The molecule has 0 unspecified atom stereocenters. The predicted octanol–water partition coefficient (Wildman–Crippen LogP) is 2.36. The van der Waals surface area contributed by atoms with E-state index in [2.05, 4.69) is 12.1 Å². The second-order valence-corrected chi connectivity index (χ2v) is 3.39. The number of rotatable bonds is 1. The SMILES string of the molecule is CC(C)(C#N)c1ccccc1C#N. The normalized spacial score (nSPS) is 10.2. The van der Waals surface area contributed by atoms with Crippen molar-refractivity contribution in [1.82, 2.24) is 0 Å². The average Bonchev–Trinajstić information content (AvgIpc) is 2.18. The number of hydrogen-bond acceptors (Lipinski definition) is 2. The molecular weight excluding hydrogens is 160 g/mol. The summed E-state index contributed by atoms with van der Waals surface area (Å²) in [6.07, 6.45) is 0. The van der Waals surface area contributed by atoms with Crippen molar-refractivity contribution in [3.05, 3.63) is 35.4 Å². The van der Waals surface area contributed by atoms with Crippen LogP contribution in [-0.4, -0.2) is 0 Å². The molecule has 0 aliphatic heterocycles. The molecule has 64 valence electrons. The molecule has 0 aliphatic carbocycles. The summed E-state index contributed by atoms with van der Waals surface area (Å²) in [5.41, 5.74) is 0.779. The maximum absolute atomic E-state index is 8.91. The molecule has 0 radical (unpaired) electrons. The van der Waals surface area contributed by atoms with Crippen LogP contribution in [0.15, 0.2) is 24.3 Å². The Bertz CT molecular complexity index is 391. The molecule has 2 heteroatoms. The summed E-state index contributed by atoms with van der Waals surface area (Å²) >= 11 is 0. The van der Waals surface area contributed by atoms with Crippen molar-refractivity contribution in [3.63, 3.8) is 0 Å². The highest BCUT2D eigenvalue weighted by Crippen LogP contribution is 2.24. The lowest BCUT2D eigenvalue weighted by Crippen LogP contribution is -2.15. The van der Waals surface area contributed by atoms with Crippen molar-refractivity contribution in [2.45, 2.75) is 19.3 Å². The van der Waals surface area contributed by atoms with E-state index < -0.39 is 5.41 Å². The minimum atomic E-state index is -0.591. The summed E-state index contributed by atoms with van der Waals surface area (Å²) < 4.78 is 0. The molecule has 13 heavy (non-hydrogen) atoms. The van der Waals surface area contributed by atoms with Crippen LogP contribution < -0.4 is 0 Å². The molecule has 2 nitrogen and oxygen atoms in total. The van der Waals surface area contributed by atoms with Crippen molar-refractivity contribution >= 4 is 0 Å². The minimum Gasteiger partial charge on any atom is -0.197 e. The molecule has 0 atom stereocenters. The van der Waals surface area contributed by atoms with Gasteiger partial charge in [-0.25, -0.2) is 0 Å². The van der Waals surface area contributed by atoms with E-state index in [1.54, 1.807) is 12.1 Å². The van der Waals surface area contributed by atoms with Crippen LogP contribution in [0, 0.1) is 22.7 Å². The summed E-state index contributed by atoms with van der Waals surface area (Å²) in [6, 6.07) is 11.5. The molecular formula is C11H10N2. The maximum atomic E-state index is 8.91. The first-order valence-electron chi connectivity index (χ1n) is 4.02. The summed E-state index contributed by atoms with van der Waals surface area (Å²) in [7, 11) is 0. The quantitative estimate of drug-likeness (QED) is 0.649. The Balaban J connectivity index is 3.33. The highest BCUT2D eigenvalue weighted by atomic mass is 14.3. The van der Waals surface area contributed by atoms with E-state index in [1.165, 1.54) is 0 Å². The number of hydrogen-bond donors (Lipinski definition) is 0. The maximum Gasteiger partial charge on any atom is 0.0995 e. The van der Waals surface area contributed by atoms with Crippen LogP contribution in [0.1, 0.15) is 25.0 Å². The lowest BCUT2D eigenvalue weighted by molar-refractivity contribution is 0.684. The Labute approximate surface area is 78.0 Å². The van der Waals surface area contributed by atoms with E-state index in [1.807, 2.05) is 26.0 Å². The zero-order chi connectivity index (χ0) is 9.90. The molecule has 1 aromatic rings. The molecule has 0 aliphatic rings. The number of nitrogens with zero attached hydrogens (tertiary/aromatic N) is 2. The van der Waals surface area contributed by atoms with Gasteiger partial charge in [0, 0.05) is 0 Å². The molecule has 0 N–H and O–H groups in total. The molecule has 0 amide bonds. The van der Waals surface area contributed by atoms with E-state index in [9.17, 15) is 0 Å². The van der Waals surface area contributed by atoms with Gasteiger partial charge in [-0.1, -0.05) is 18.2 Å². The van der Waals surface area contributed by atoms with Crippen molar-refractivity contribution in [2.75, 3.05) is 0 Å². The van der Waals surface area contributed by atoms with E-state index in [0.29, 0.717) is 5.56 Å². The third-order valence-corrected chi connectivity index (χ3v) is 2.00. The molecule has 1 rings (SSSR count). The van der Waals surface area contributed by atoms with E-state index in [0.717, 1.165) is 5.56 Å². The van der Waals surface area contributed by atoms with Gasteiger partial charge < -0.3 is 0 Å². The summed E-state index contributed by atoms with van der Waals surface area (Å²) in [5, 5.41) is 17.7. The lowest BCUT2D eigenvalue weighted by atomic mass is 9.83. The molecule has 0 aromatic heterocycles. The Morgan fingerprint density at radius 3 is 2.31 bits per heavy atom. The first kappa shape index (κ1) is 9.29. The van der Waals surface area contributed by atoms with Crippen LogP contribution >= 0.6 is 0 Å². The average molecular weight is 170 g/mol. The van der Waals surface area contributed by atoms with Crippen LogP contribution in [-0.2, 0) is 5.41 Å². The van der Waals surface area contributed by atoms with Gasteiger partial charge >= 0.3 is 0 Å². The van der Waals surface area contributed by atoms with Gasteiger partial charge in [-0.15, -0.1) is 0 Å². The third-order valence-electron chi connectivity index (χ3n) is 2.00. The largest absolute Gasteiger partial charge is 0.197 e. The fourth-order valence-electron chi connectivity index (χ4n) is 1.19. The van der Waals surface area contributed by atoms with Crippen LogP contribution in [0.25, 0.3) is 0 Å². The monoisotopic (exact) mass is 170 g/mol. The van der Waals surface area contributed by atoms with Gasteiger partial charge in [-0.05, 0) is 25.5 Å². The van der Waals surface area contributed by atoms with Crippen LogP contribution in [0.2, 0.25) is 0 Å². The zero-order valence-electron chi connectivity index (χ0n) is 7.70. The molecule has 0 spiro atoms. The smallest absolute Gasteiger partial charge is 0.0995 e. The molecule has 0 saturated carbocycles. The van der Waals surface area contributed by atoms with Gasteiger partial charge in [0.2, 0.25) is 0 Å². The topological polar surface area (TPSA) is 47.6 Å². The van der Waals surface area contributed by atoms with Crippen molar-refractivity contribution in [1.29, 1.82) is 10.5 Å². The van der Waals surface area contributed by atoms with Crippen molar-refractivity contribution in [3.8, 4) is 12.1 Å². The Morgan fingerprint density at radius 2 is 1.77 bits per heavy atom. The lowest BCUT2D eigenvalue weighted by Gasteiger charge is -2.16. The first-order chi connectivity index (χ1) is 6.11. The van der Waals surface area contributed by atoms with Crippen LogP contribution in [0.3, 0.4) is 0 Å². The van der Waals surface area contributed by atoms with E-state index in [-0.39, 0.29) is 0 Å². The minimum absolute atomic E-state index is 0.578. The Morgan fingerprint density at radius 1 is 1.15 bits per heavy atom. The fourth-order valence-corrected chi connectivity index (χ4v) is 1.19.